The summed E-state index contributed by atoms with van der Waals surface area (Å²) in [5, 5.41) is 10.0. The highest BCUT2D eigenvalue weighted by atomic mass is 16.3. The first-order valence-electron chi connectivity index (χ1n) is 10.4. The van der Waals surface area contributed by atoms with Crippen LogP contribution >= 0.6 is 0 Å². The van der Waals surface area contributed by atoms with Crippen molar-refractivity contribution in [3.8, 4) is 5.75 Å². The zero-order valence-electron chi connectivity index (χ0n) is 17.1. The molecule has 2 fully saturated rings. The third-order valence-corrected chi connectivity index (χ3v) is 5.95. The number of hydrogen-bond acceptors (Lipinski definition) is 5. The number of aryl methyl sites for hydroxylation is 1. The minimum atomic E-state index is 0.227. The number of rotatable bonds is 4. The van der Waals surface area contributed by atoms with Crippen molar-refractivity contribution < 1.29 is 9.90 Å². The van der Waals surface area contributed by atoms with Crippen molar-refractivity contribution >= 4 is 17.3 Å². The van der Waals surface area contributed by atoms with Crippen molar-refractivity contribution in [2.24, 2.45) is 0 Å². The summed E-state index contributed by atoms with van der Waals surface area (Å²) in [5.74, 6) is 0.549. The fourth-order valence-electron chi connectivity index (χ4n) is 4.21. The Morgan fingerprint density at radius 1 is 0.862 bits per heavy atom. The highest BCUT2D eigenvalue weighted by Gasteiger charge is 2.25. The maximum atomic E-state index is 12.8. The van der Waals surface area contributed by atoms with Crippen LogP contribution in [0.4, 0.5) is 11.4 Å². The van der Waals surface area contributed by atoms with E-state index in [-0.39, 0.29) is 5.91 Å². The zero-order chi connectivity index (χ0) is 20.2. The number of anilines is 2. The van der Waals surface area contributed by atoms with Crippen molar-refractivity contribution in [3.05, 3.63) is 54.1 Å². The number of phenols is 1. The van der Waals surface area contributed by atoms with E-state index in [0.717, 1.165) is 58.0 Å². The van der Waals surface area contributed by atoms with Gasteiger partial charge in [0.1, 0.15) is 5.75 Å². The Balaban J connectivity index is 1.24. The second-order valence-corrected chi connectivity index (χ2v) is 7.96. The van der Waals surface area contributed by atoms with E-state index >= 15 is 0 Å². The molecule has 2 heterocycles. The summed E-state index contributed by atoms with van der Waals surface area (Å²) in [6.07, 6.45) is 0. The molecule has 0 aliphatic carbocycles. The molecule has 29 heavy (non-hydrogen) atoms. The van der Waals surface area contributed by atoms with Gasteiger partial charge in [-0.05, 0) is 36.8 Å². The Morgan fingerprint density at radius 3 is 2.24 bits per heavy atom. The van der Waals surface area contributed by atoms with Crippen LogP contribution in [0.3, 0.4) is 0 Å². The van der Waals surface area contributed by atoms with Gasteiger partial charge in [0.25, 0.3) is 0 Å². The molecule has 2 aliphatic rings. The van der Waals surface area contributed by atoms with Gasteiger partial charge in [-0.3, -0.25) is 9.69 Å². The topological polar surface area (TPSA) is 50.3 Å². The highest BCUT2D eigenvalue weighted by Crippen LogP contribution is 2.27. The lowest BCUT2D eigenvalue weighted by molar-refractivity contribution is -0.132. The minimum Gasteiger partial charge on any atom is -0.506 e. The molecule has 0 atom stereocenters. The fourth-order valence-corrected chi connectivity index (χ4v) is 4.21. The molecule has 2 aromatic carbocycles. The first kappa shape index (κ1) is 19.6. The lowest BCUT2D eigenvalue weighted by atomic mass is 10.2. The number of amides is 1. The molecule has 0 radical (unpaired) electrons. The molecule has 6 heteroatoms. The summed E-state index contributed by atoms with van der Waals surface area (Å²) in [5.41, 5.74) is 3.40. The summed E-state index contributed by atoms with van der Waals surface area (Å²) in [4.78, 5) is 21.6. The second-order valence-electron chi connectivity index (χ2n) is 7.96. The standard InChI is InChI=1S/C23H30N4O2/c1-19-5-4-6-20(17-19)25-13-15-27(16-14-25)23(29)18-24-9-11-26(12-10-24)21-7-2-3-8-22(21)28/h2-8,17,28H,9-16,18H2,1H3. The van der Waals surface area contributed by atoms with Crippen molar-refractivity contribution in [3.63, 3.8) is 0 Å². The smallest absolute Gasteiger partial charge is 0.236 e. The largest absolute Gasteiger partial charge is 0.506 e. The number of benzene rings is 2. The third-order valence-electron chi connectivity index (χ3n) is 5.95. The number of carbonyl (C=O) groups excluding carboxylic acids is 1. The van der Waals surface area contributed by atoms with Crippen LogP contribution in [0.15, 0.2) is 48.5 Å². The molecule has 4 rings (SSSR count). The highest BCUT2D eigenvalue weighted by molar-refractivity contribution is 5.78. The number of para-hydroxylation sites is 2. The van der Waals surface area contributed by atoms with Crippen LogP contribution in [0.5, 0.6) is 5.75 Å². The molecule has 0 spiro atoms. The molecule has 2 saturated heterocycles. The second kappa shape index (κ2) is 8.74. The third kappa shape index (κ3) is 4.65. The van der Waals surface area contributed by atoms with Crippen LogP contribution in [-0.4, -0.2) is 79.7 Å². The van der Waals surface area contributed by atoms with Gasteiger partial charge in [0.05, 0.1) is 12.2 Å². The number of piperazine rings is 2. The van der Waals surface area contributed by atoms with E-state index in [1.54, 1.807) is 6.07 Å². The predicted molar refractivity (Wildman–Crippen MR) is 117 cm³/mol. The molecule has 6 nitrogen and oxygen atoms in total. The van der Waals surface area contributed by atoms with Gasteiger partial charge >= 0.3 is 0 Å². The van der Waals surface area contributed by atoms with Crippen LogP contribution in [0, 0.1) is 6.92 Å². The molecule has 2 aromatic rings. The Hall–Kier alpha value is -2.73. The van der Waals surface area contributed by atoms with Crippen LogP contribution in [-0.2, 0) is 4.79 Å². The number of aromatic hydroxyl groups is 1. The van der Waals surface area contributed by atoms with Crippen LogP contribution < -0.4 is 9.80 Å². The summed E-state index contributed by atoms with van der Waals surface area (Å²) >= 11 is 0. The molecular formula is C23H30N4O2. The summed E-state index contributed by atoms with van der Waals surface area (Å²) in [6.45, 7) is 9.26. The van der Waals surface area contributed by atoms with E-state index in [0.29, 0.717) is 12.3 Å². The Labute approximate surface area is 172 Å². The SMILES string of the molecule is Cc1cccc(N2CCN(C(=O)CN3CCN(c4ccccc4O)CC3)CC2)c1. The van der Waals surface area contributed by atoms with Crippen LogP contribution in [0.2, 0.25) is 0 Å². The van der Waals surface area contributed by atoms with Gasteiger partial charge in [-0.2, -0.15) is 0 Å². The quantitative estimate of drug-likeness (QED) is 0.861. The first-order chi connectivity index (χ1) is 14.1. The van der Waals surface area contributed by atoms with Crippen molar-refractivity contribution in [2.45, 2.75) is 6.92 Å². The van der Waals surface area contributed by atoms with Gasteiger partial charge in [0.2, 0.25) is 5.91 Å². The molecule has 154 valence electrons. The van der Waals surface area contributed by atoms with Gasteiger partial charge in [-0.15, -0.1) is 0 Å². The molecule has 1 amide bonds. The molecular weight excluding hydrogens is 364 g/mol. The van der Waals surface area contributed by atoms with Crippen molar-refractivity contribution in [2.75, 3.05) is 68.7 Å². The van der Waals surface area contributed by atoms with E-state index in [2.05, 4.69) is 45.9 Å². The van der Waals surface area contributed by atoms with E-state index in [9.17, 15) is 9.90 Å². The monoisotopic (exact) mass is 394 g/mol. The zero-order valence-corrected chi connectivity index (χ0v) is 17.1. The Bertz CT molecular complexity index is 840. The van der Waals surface area contributed by atoms with Crippen LogP contribution in [0.1, 0.15) is 5.56 Å². The summed E-state index contributed by atoms with van der Waals surface area (Å²) in [6, 6.07) is 16.0. The van der Waals surface area contributed by atoms with Gasteiger partial charge in [-0.25, -0.2) is 0 Å². The first-order valence-corrected chi connectivity index (χ1v) is 10.4. The maximum absolute atomic E-state index is 12.8. The molecule has 2 aliphatic heterocycles. The van der Waals surface area contributed by atoms with Crippen molar-refractivity contribution in [1.29, 1.82) is 0 Å². The summed E-state index contributed by atoms with van der Waals surface area (Å²) < 4.78 is 0. The predicted octanol–water partition coefficient (Wildman–Crippen LogP) is 2.17. The Kier molecular flexibility index (Phi) is 5.90. The van der Waals surface area contributed by atoms with Crippen molar-refractivity contribution in [1.82, 2.24) is 9.80 Å². The Morgan fingerprint density at radius 2 is 1.55 bits per heavy atom. The minimum absolute atomic E-state index is 0.227. The van der Waals surface area contributed by atoms with E-state index < -0.39 is 0 Å². The van der Waals surface area contributed by atoms with Gasteiger partial charge in [0.15, 0.2) is 0 Å². The molecule has 0 saturated carbocycles. The number of carbonyl (C=O) groups is 1. The maximum Gasteiger partial charge on any atom is 0.236 e. The van der Waals surface area contributed by atoms with E-state index in [1.165, 1.54) is 11.3 Å². The van der Waals surface area contributed by atoms with Gasteiger partial charge in [-0.1, -0.05) is 24.3 Å². The number of hydrogen-bond donors (Lipinski definition) is 1. The molecule has 0 unspecified atom stereocenters. The average molecular weight is 395 g/mol. The number of nitrogens with zero attached hydrogens (tertiary/aromatic N) is 4. The van der Waals surface area contributed by atoms with Gasteiger partial charge < -0.3 is 19.8 Å². The average Bonchev–Trinajstić information content (AvgIpc) is 2.75. The lowest BCUT2D eigenvalue weighted by Gasteiger charge is -2.39. The lowest BCUT2D eigenvalue weighted by Crippen LogP contribution is -2.54. The summed E-state index contributed by atoms with van der Waals surface area (Å²) in [7, 11) is 0. The van der Waals surface area contributed by atoms with Crippen LogP contribution in [0.25, 0.3) is 0 Å². The van der Waals surface area contributed by atoms with E-state index in [1.807, 2.05) is 23.1 Å². The fraction of sp³-hybridized carbons (Fsp3) is 0.435. The number of phenolic OH excluding ortho intramolecular Hbond substituents is 1. The normalized spacial score (nSPS) is 18.2. The molecule has 1 N–H and O–H groups in total. The van der Waals surface area contributed by atoms with E-state index in [4.69, 9.17) is 0 Å². The molecule has 0 aromatic heterocycles. The molecule has 0 bridgehead atoms. The van der Waals surface area contributed by atoms with Gasteiger partial charge in [0, 0.05) is 58.0 Å².